The Morgan fingerprint density at radius 3 is 2.67 bits per heavy atom. The minimum absolute atomic E-state index is 0.203. The standard InChI is InChI=1S/C6H12N2O/c1-5(7)8-3-2-6(9)4-8/h6-7,9H,2-4H2,1H3/t6-/m1/s1. The quantitative estimate of drug-likeness (QED) is 0.357. The molecule has 0 radical (unpaired) electrons. The van der Waals surface area contributed by atoms with Crippen LogP contribution >= 0.6 is 0 Å². The molecular weight excluding hydrogens is 116 g/mol. The Balaban J connectivity index is 2.39. The molecule has 1 saturated heterocycles. The van der Waals surface area contributed by atoms with Gasteiger partial charge in [0, 0.05) is 13.1 Å². The minimum Gasteiger partial charge on any atom is -0.391 e. The fourth-order valence-electron chi connectivity index (χ4n) is 1.05. The zero-order valence-corrected chi connectivity index (χ0v) is 5.59. The van der Waals surface area contributed by atoms with Crippen molar-refractivity contribution in [2.24, 2.45) is 0 Å². The smallest absolute Gasteiger partial charge is 0.0926 e. The zero-order valence-electron chi connectivity index (χ0n) is 5.59. The molecule has 3 heteroatoms. The summed E-state index contributed by atoms with van der Waals surface area (Å²) in [5, 5.41) is 16.2. The molecule has 1 heterocycles. The Hall–Kier alpha value is -0.570. The molecule has 0 aromatic carbocycles. The lowest BCUT2D eigenvalue weighted by Crippen LogP contribution is -2.26. The van der Waals surface area contributed by atoms with Crippen molar-refractivity contribution in [3.63, 3.8) is 0 Å². The maximum atomic E-state index is 9.01. The highest BCUT2D eigenvalue weighted by Crippen LogP contribution is 2.07. The summed E-state index contributed by atoms with van der Waals surface area (Å²) >= 11 is 0. The molecule has 1 aliphatic heterocycles. The fourth-order valence-corrected chi connectivity index (χ4v) is 1.05. The van der Waals surface area contributed by atoms with Crippen LogP contribution in [0.15, 0.2) is 0 Å². The van der Waals surface area contributed by atoms with Gasteiger partial charge in [0.1, 0.15) is 0 Å². The number of nitrogens with one attached hydrogen (secondary N) is 1. The highest BCUT2D eigenvalue weighted by molar-refractivity contribution is 5.76. The van der Waals surface area contributed by atoms with Gasteiger partial charge in [0.15, 0.2) is 0 Å². The molecule has 3 nitrogen and oxygen atoms in total. The van der Waals surface area contributed by atoms with E-state index in [1.54, 1.807) is 6.92 Å². The van der Waals surface area contributed by atoms with E-state index in [9.17, 15) is 0 Å². The predicted molar refractivity (Wildman–Crippen MR) is 35.6 cm³/mol. The molecule has 0 unspecified atom stereocenters. The van der Waals surface area contributed by atoms with Crippen LogP contribution in [0.25, 0.3) is 0 Å². The van der Waals surface area contributed by atoms with Crippen LogP contribution in [0.2, 0.25) is 0 Å². The largest absolute Gasteiger partial charge is 0.391 e. The minimum atomic E-state index is -0.203. The van der Waals surface area contributed by atoms with Gasteiger partial charge in [-0.2, -0.15) is 0 Å². The number of rotatable bonds is 0. The second-order valence-electron chi connectivity index (χ2n) is 2.47. The number of hydrogen-bond donors (Lipinski definition) is 2. The first-order valence-electron chi connectivity index (χ1n) is 3.18. The predicted octanol–water partition coefficient (Wildman–Crippen LogP) is 0.0502. The first kappa shape index (κ1) is 6.55. The van der Waals surface area contributed by atoms with Gasteiger partial charge in [0.25, 0.3) is 0 Å². The number of β-amino-alcohol motifs (C(OH)–C–C–N with tert-alkyl or cyclic N) is 1. The summed E-state index contributed by atoms with van der Waals surface area (Å²) in [6.45, 7) is 3.24. The molecule has 0 bridgehead atoms. The van der Waals surface area contributed by atoms with Gasteiger partial charge in [0.05, 0.1) is 11.9 Å². The van der Waals surface area contributed by atoms with E-state index in [0.29, 0.717) is 12.4 Å². The molecule has 0 aromatic rings. The van der Waals surface area contributed by atoms with Crippen molar-refractivity contribution in [3.05, 3.63) is 0 Å². The van der Waals surface area contributed by atoms with E-state index < -0.39 is 0 Å². The molecule has 0 aromatic heterocycles. The SMILES string of the molecule is CC(=N)N1CC[C@@H](O)C1. The van der Waals surface area contributed by atoms with Crippen LogP contribution in [0.3, 0.4) is 0 Å². The number of hydrogen-bond acceptors (Lipinski definition) is 2. The van der Waals surface area contributed by atoms with E-state index in [4.69, 9.17) is 10.5 Å². The van der Waals surface area contributed by atoms with E-state index in [1.807, 2.05) is 4.90 Å². The van der Waals surface area contributed by atoms with Gasteiger partial charge in [-0.15, -0.1) is 0 Å². The molecule has 2 N–H and O–H groups in total. The highest BCUT2D eigenvalue weighted by Gasteiger charge is 2.19. The highest BCUT2D eigenvalue weighted by atomic mass is 16.3. The van der Waals surface area contributed by atoms with Crippen LogP contribution in [-0.4, -0.2) is 35.0 Å². The maximum Gasteiger partial charge on any atom is 0.0926 e. The number of nitrogens with zero attached hydrogens (tertiary/aromatic N) is 1. The lowest BCUT2D eigenvalue weighted by atomic mass is 10.3. The summed E-state index contributed by atoms with van der Waals surface area (Å²) in [6.07, 6.45) is 0.612. The van der Waals surface area contributed by atoms with Crippen molar-refractivity contribution >= 4 is 5.84 Å². The fraction of sp³-hybridized carbons (Fsp3) is 0.833. The molecule has 0 aliphatic carbocycles. The molecule has 0 saturated carbocycles. The summed E-state index contributed by atoms with van der Waals surface area (Å²) in [7, 11) is 0. The first-order chi connectivity index (χ1) is 4.20. The lowest BCUT2D eigenvalue weighted by molar-refractivity contribution is 0.188. The van der Waals surface area contributed by atoms with Crippen LogP contribution in [0, 0.1) is 5.41 Å². The second kappa shape index (κ2) is 2.35. The van der Waals surface area contributed by atoms with Gasteiger partial charge in [0.2, 0.25) is 0 Å². The molecule has 1 fully saturated rings. The van der Waals surface area contributed by atoms with E-state index in [-0.39, 0.29) is 6.10 Å². The average Bonchev–Trinajstić information content (AvgIpc) is 2.14. The third kappa shape index (κ3) is 1.42. The van der Waals surface area contributed by atoms with Crippen LogP contribution in [-0.2, 0) is 0 Å². The summed E-state index contributed by atoms with van der Waals surface area (Å²) in [4.78, 5) is 1.88. The van der Waals surface area contributed by atoms with Gasteiger partial charge in [-0.25, -0.2) is 0 Å². The van der Waals surface area contributed by atoms with Crippen LogP contribution in [0.4, 0.5) is 0 Å². The Kier molecular flexibility index (Phi) is 1.71. The van der Waals surface area contributed by atoms with Crippen LogP contribution in [0.5, 0.6) is 0 Å². The number of likely N-dealkylation sites (tertiary alicyclic amines) is 1. The van der Waals surface area contributed by atoms with Crippen molar-refractivity contribution in [2.45, 2.75) is 19.4 Å². The summed E-state index contributed by atoms with van der Waals surface area (Å²) < 4.78 is 0. The maximum absolute atomic E-state index is 9.01. The third-order valence-corrected chi connectivity index (χ3v) is 1.64. The van der Waals surface area contributed by atoms with Crippen LogP contribution < -0.4 is 0 Å². The van der Waals surface area contributed by atoms with Gasteiger partial charge >= 0.3 is 0 Å². The molecule has 9 heavy (non-hydrogen) atoms. The molecule has 52 valence electrons. The summed E-state index contributed by atoms with van der Waals surface area (Å²) in [5.74, 6) is 0.562. The monoisotopic (exact) mass is 128 g/mol. The first-order valence-corrected chi connectivity index (χ1v) is 3.18. The average molecular weight is 128 g/mol. The summed E-state index contributed by atoms with van der Waals surface area (Å²) in [5.41, 5.74) is 0. The second-order valence-corrected chi connectivity index (χ2v) is 2.47. The van der Waals surface area contributed by atoms with Crippen molar-refractivity contribution in [2.75, 3.05) is 13.1 Å². The van der Waals surface area contributed by atoms with Crippen molar-refractivity contribution in [1.29, 1.82) is 5.41 Å². The van der Waals surface area contributed by atoms with Gasteiger partial charge in [-0.1, -0.05) is 0 Å². The van der Waals surface area contributed by atoms with E-state index in [2.05, 4.69) is 0 Å². The molecule has 1 atom stereocenters. The molecule has 1 aliphatic rings. The van der Waals surface area contributed by atoms with E-state index >= 15 is 0 Å². The summed E-state index contributed by atoms with van der Waals surface area (Å²) in [6, 6.07) is 0. The zero-order chi connectivity index (χ0) is 6.85. The molecule has 1 rings (SSSR count). The lowest BCUT2D eigenvalue weighted by Gasteiger charge is -2.14. The van der Waals surface area contributed by atoms with Gasteiger partial charge in [-0.05, 0) is 13.3 Å². The Bertz CT molecular complexity index is 124. The van der Waals surface area contributed by atoms with E-state index in [1.165, 1.54) is 0 Å². The Morgan fingerprint density at radius 2 is 2.44 bits per heavy atom. The van der Waals surface area contributed by atoms with Crippen LogP contribution in [0.1, 0.15) is 13.3 Å². The van der Waals surface area contributed by atoms with Crippen molar-refractivity contribution in [3.8, 4) is 0 Å². The topological polar surface area (TPSA) is 47.3 Å². The number of amidine groups is 1. The van der Waals surface area contributed by atoms with Gasteiger partial charge < -0.3 is 10.0 Å². The van der Waals surface area contributed by atoms with Gasteiger partial charge in [-0.3, -0.25) is 5.41 Å². The van der Waals surface area contributed by atoms with Crippen molar-refractivity contribution in [1.82, 2.24) is 4.90 Å². The molecule has 0 spiro atoms. The molecule has 0 amide bonds. The Morgan fingerprint density at radius 1 is 1.78 bits per heavy atom. The number of aliphatic hydroxyl groups is 1. The number of aliphatic hydroxyl groups excluding tert-OH is 1. The van der Waals surface area contributed by atoms with E-state index in [0.717, 1.165) is 13.0 Å². The normalized spacial score (nSPS) is 26.9. The third-order valence-electron chi connectivity index (χ3n) is 1.64. The molecular formula is C6H12N2O. The van der Waals surface area contributed by atoms with Crippen molar-refractivity contribution < 1.29 is 5.11 Å². The Labute approximate surface area is 54.8 Å².